The second-order valence-electron chi connectivity index (χ2n) is 5.30. The van der Waals surface area contributed by atoms with Crippen LogP contribution < -0.4 is 0 Å². The van der Waals surface area contributed by atoms with E-state index >= 15 is 0 Å². The average molecular weight is 262 g/mol. The van der Waals surface area contributed by atoms with Gasteiger partial charge in [-0.15, -0.1) is 0 Å². The lowest BCUT2D eigenvalue weighted by molar-refractivity contribution is 0.219. The van der Waals surface area contributed by atoms with Crippen molar-refractivity contribution < 1.29 is 5.11 Å². The van der Waals surface area contributed by atoms with Gasteiger partial charge in [0.2, 0.25) is 0 Å². The Morgan fingerprint density at radius 2 is 1.55 bits per heavy atom. The topological polar surface area (TPSA) is 20.2 Å². The predicted molar refractivity (Wildman–Crippen MR) is 83.9 cm³/mol. The van der Waals surface area contributed by atoms with Crippen molar-refractivity contribution in [2.75, 3.05) is 0 Å². The van der Waals surface area contributed by atoms with Crippen LogP contribution in [0.5, 0.6) is 0 Å². The number of aliphatic hydroxyl groups excluding tert-OH is 1. The number of hydrogen-bond acceptors (Lipinski definition) is 1. The lowest BCUT2D eigenvalue weighted by atomic mass is 9.93. The summed E-state index contributed by atoms with van der Waals surface area (Å²) in [6, 6.07) is 20.4. The Morgan fingerprint density at radius 1 is 0.800 bits per heavy atom. The summed E-state index contributed by atoms with van der Waals surface area (Å²) < 4.78 is 0. The third kappa shape index (κ3) is 2.21. The van der Waals surface area contributed by atoms with Gasteiger partial charge in [-0.05, 0) is 52.9 Å². The van der Waals surface area contributed by atoms with Crippen molar-refractivity contribution >= 4 is 10.8 Å². The first-order chi connectivity index (χ1) is 9.66. The number of benzene rings is 3. The van der Waals surface area contributed by atoms with Gasteiger partial charge in [-0.2, -0.15) is 0 Å². The molecular formula is C19H18O. The van der Waals surface area contributed by atoms with Crippen molar-refractivity contribution in [3.63, 3.8) is 0 Å². The minimum absolute atomic E-state index is 0.570. The normalized spacial score (nSPS) is 12.6. The molecule has 0 spiro atoms. The Hall–Kier alpha value is -2.12. The number of hydrogen-bond donors (Lipinski definition) is 1. The minimum Gasteiger partial charge on any atom is -0.384 e. The van der Waals surface area contributed by atoms with Gasteiger partial charge in [-0.3, -0.25) is 0 Å². The Balaban J connectivity index is 2.08. The quantitative estimate of drug-likeness (QED) is 0.719. The van der Waals surface area contributed by atoms with Crippen molar-refractivity contribution in [3.05, 3.63) is 82.9 Å². The highest BCUT2D eigenvalue weighted by Gasteiger charge is 2.13. The zero-order chi connectivity index (χ0) is 14.1. The first-order valence-electron chi connectivity index (χ1n) is 6.89. The van der Waals surface area contributed by atoms with Crippen LogP contribution in [-0.4, -0.2) is 5.11 Å². The molecule has 0 bridgehead atoms. The van der Waals surface area contributed by atoms with Crippen molar-refractivity contribution in [1.29, 1.82) is 0 Å². The molecule has 0 radical (unpaired) electrons. The molecule has 100 valence electrons. The van der Waals surface area contributed by atoms with E-state index < -0.39 is 6.10 Å². The van der Waals surface area contributed by atoms with Crippen LogP contribution in [0.25, 0.3) is 10.8 Å². The first kappa shape index (κ1) is 12.9. The van der Waals surface area contributed by atoms with E-state index in [0.29, 0.717) is 0 Å². The first-order valence-corrected chi connectivity index (χ1v) is 6.89. The van der Waals surface area contributed by atoms with E-state index in [1.807, 2.05) is 30.3 Å². The zero-order valence-corrected chi connectivity index (χ0v) is 11.8. The molecule has 0 aliphatic carbocycles. The molecule has 1 N–H and O–H groups in total. The molecule has 1 unspecified atom stereocenters. The fourth-order valence-electron chi connectivity index (χ4n) is 2.63. The molecule has 3 aromatic rings. The van der Waals surface area contributed by atoms with Crippen LogP contribution in [0.3, 0.4) is 0 Å². The maximum Gasteiger partial charge on any atom is 0.104 e. The average Bonchev–Trinajstić information content (AvgIpc) is 2.49. The maximum atomic E-state index is 10.7. The summed E-state index contributed by atoms with van der Waals surface area (Å²) in [6.45, 7) is 4.14. The van der Waals surface area contributed by atoms with Crippen molar-refractivity contribution in [1.82, 2.24) is 0 Å². The molecule has 0 fully saturated rings. The Labute approximate surface area is 119 Å². The van der Waals surface area contributed by atoms with Gasteiger partial charge in [0.15, 0.2) is 0 Å². The molecular weight excluding hydrogens is 244 g/mol. The van der Waals surface area contributed by atoms with E-state index in [1.54, 1.807) is 0 Å². The zero-order valence-electron chi connectivity index (χ0n) is 11.8. The Bertz CT molecular complexity index is 759. The molecule has 0 amide bonds. The van der Waals surface area contributed by atoms with Gasteiger partial charge in [0.05, 0.1) is 0 Å². The van der Waals surface area contributed by atoms with Gasteiger partial charge < -0.3 is 5.11 Å². The standard InChI is InChI=1S/C19H18O/c1-13-6-5-9-18(14(13)2)19(20)17-11-10-15-7-3-4-8-16(15)12-17/h3-12,19-20H,1-2H3. The molecule has 1 heteroatoms. The lowest BCUT2D eigenvalue weighted by Gasteiger charge is -2.16. The van der Waals surface area contributed by atoms with E-state index in [2.05, 4.69) is 44.2 Å². The van der Waals surface area contributed by atoms with Crippen LogP contribution in [0.1, 0.15) is 28.4 Å². The summed E-state index contributed by atoms with van der Waals surface area (Å²) in [4.78, 5) is 0. The number of aliphatic hydroxyl groups is 1. The monoisotopic (exact) mass is 262 g/mol. The molecule has 0 aromatic heterocycles. The molecule has 20 heavy (non-hydrogen) atoms. The van der Waals surface area contributed by atoms with Crippen LogP contribution in [0, 0.1) is 13.8 Å². The molecule has 1 atom stereocenters. The van der Waals surface area contributed by atoms with Gasteiger partial charge in [0, 0.05) is 0 Å². The van der Waals surface area contributed by atoms with E-state index in [9.17, 15) is 5.11 Å². The summed E-state index contributed by atoms with van der Waals surface area (Å²) in [5.41, 5.74) is 4.30. The van der Waals surface area contributed by atoms with Gasteiger partial charge in [0.1, 0.15) is 6.10 Å². The highest BCUT2D eigenvalue weighted by Crippen LogP contribution is 2.28. The number of fused-ring (bicyclic) bond motifs is 1. The van der Waals surface area contributed by atoms with Crippen LogP contribution in [-0.2, 0) is 0 Å². The van der Waals surface area contributed by atoms with Crippen molar-refractivity contribution in [2.24, 2.45) is 0 Å². The highest BCUT2D eigenvalue weighted by atomic mass is 16.3. The molecule has 0 heterocycles. The van der Waals surface area contributed by atoms with E-state index in [0.717, 1.165) is 22.1 Å². The Morgan fingerprint density at radius 3 is 2.35 bits per heavy atom. The van der Waals surface area contributed by atoms with Gasteiger partial charge in [-0.1, -0.05) is 54.6 Å². The molecule has 0 aliphatic heterocycles. The van der Waals surface area contributed by atoms with Crippen molar-refractivity contribution in [2.45, 2.75) is 20.0 Å². The lowest BCUT2D eigenvalue weighted by Crippen LogP contribution is -2.03. The van der Waals surface area contributed by atoms with E-state index in [1.165, 1.54) is 10.9 Å². The van der Waals surface area contributed by atoms with Crippen molar-refractivity contribution in [3.8, 4) is 0 Å². The summed E-state index contributed by atoms with van der Waals surface area (Å²) >= 11 is 0. The van der Waals surface area contributed by atoms with E-state index in [-0.39, 0.29) is 0 Å². The smallest absolute Gasteiger partial charge is 0.104 e. The van der Waals surface area contributed by atoms with Gasteiger partial charge in [-0.25, -0.2) is 0 Å². The van der Waals surface area contributed by atoms with Gasteiger partial charge >= 0.3 is 0 Å². The molecule has 3 rings (SSSR count). The molecule has 1 nitrogen and oxygen atoms in total. The minimum atomic E-state index is -0.570. The van der Waals surface area contributed by atoms with Gasteiger partial charge in [0.25, 0.3) is 0 Å². The van der Waals surface area contributed by atoms with Crippen LogP contribution in [0.2, 0.25) is 0 Å². The summed E-state index contributed by atoms with van der Waals surface area (Å²) in [6.07, 6.45) is -0.570. The van der Waals surface area contributed by atoms with E-state index in [4.69, 9.17) is 0 Å². The maximum absolute atomic E-state index is 10.7. The second-order valence-corrected chi connectivity index (χ2v) is 5.30. The third-order valence-corrected chi connectivity index (χ3v) is 4.03. The largest absolute Gasteiger partial charge is 0.384 e. The molecule has 0 saturated heterocycles. The second kappa shape index (κ2) is 5.10. The summed E-state index contributed by atoms with van der Waals surface area (Å²) in [5, 5.41) is 13.0. The molecule has 3 aromatic carbocycles. The van der Waals surface area contributed by atoms with Crippen LogP contribution in [0.4, 0.5) is 0 Å². The number of aryl methyl sites for hydroxylation is 1. The summed E-state index contributed by atoms with van der Waals surface area (Å²) in [7, 11) is 0. The fraction of sp³-hybridized carbons (Fsp3) is 0.158. The Kier molecular flexibility index (Phi) is 3.29. The summed E-state index contributed by atoms with van der Waals surface area (Å²) in [5.74, 6) is 0. The fourth-order valence-corrected chi connectivity index (χ4v) is 2.63. The van der Waals surface area contributed by atoms with Crippen LogP contribution >= 0.6 is 0 Å². The molecule has 0 saturated carbocycles. The third-order valence-electron chi connectivity index (χ3n) is 4.03. The highest BCUT2D eigenvalue weighted by molar-refractivity contribution is 5.83. The molecule has 0 aliphatic rings. The SMILES string of the molecule is Cc1cccc(C(O)c2ccc3ccccc3c2)c1C. The predicted octanol–water partition coefficient (Wildman–Crippen LogP) is 4.54. The number of rotatable bonds is 2. The van der Waals surface area contributed by atoms with Crippen LogP contribution in [0.15, 0.2) is 60.7 Å².